The fourth-order valence-electron chi connectivity index (χ4n) is 3.03. The minimum Gasteiger partial charge on any atom is -0.496 e. The molecule has 0 spiro atoms. The maximum Gasteiger partial charge on any atom is 0.261 e. The number of nitrogens with zero attached hydrogens (tertiary/aromatic N) is 1. The average Bonchev–Trinajstić information content (AvgIpc) is 2.72. The zero-order valence-corrected chi connectivity index (χ0v) is 20.0. The molecule has 3 rings (SSSR count). The van der Waals surface area contributed by atoms with Crippen LogP contribution in [0.2, 0.25) is 0 Å². The summed E-state index contributed by atoms with van der Waals surface area (Å²) < 4.78 is 48.8. The van der Waals surface area contributed by atoms with Crippen molar-refractivity contribution in [2.45, 2.75) is 23.2 Å². The molecule has 0 aliphatic rings. The summed E-state index contributed by atoms with van der Waals surface area (Å²) in [6, 6.07) is 10.3. The highest BCUT2D eigenvalue weighted by atomic mass is 127. The number of sulfonamides is 1. The van der Waals surface area contributed by atoms with Crippen LogP contribution in [0.15, 0.2) is 53.6 Å². The molecular formula is C22H20FIN2O4S. The van der Waals surface area contributed by atoms with Gasteiger partial charge >= 0.3 is 0 Å². The summed E-state index contributed by atoms with van der Waals surface area (Å²) in [5.74, 6) is -1.54. The van der Waals surface area contributed by atoms with E-state index in [4.69, 9.17) is 4.74 Å². The van der Waals surface area contributed by atoms with Crippen LogP contribution in [-0.4, -0.2) is 26.3 Å². The monoisotopic (exact) mass is 554 g/mol. The van der Waals surface area contributed by atoms with E-state index in [1.54, 1.807) is 19.1 Å². The molecule has 0 fully saturated rings. The van der Waals surface area contributed by atoms with Crippen LogP contribution in [0.4, 0.5) is 10.1 Å². The summed E-state index contributed by atoms with van der Waals surface area (Å²) in [5, 5.41) is 0. The molecule has 0 unspecified atom stereocenters. The number of halogens is 2. The number of ether oxygens (including phenoxy) is 1. The Morgan fingerprint density at radius 2 is 1.94 bits per heavy atom. The van der Waals surface area contributed by atoms with E-state index in [9.17, 15) is 17.6 Å². The highest BCUT2D eigenvalue weighted by Gasteiger charge is 2.25. The number of methoxy groups -OCH3 is 1. The van der Waals surface area contributed by atoms with Crippen molar-refractivity contribution in [2.24, 2.45) is 0 Å². The van der Waals surface area contributed by atoms with Gasteiger partial charge in [0.15, 0.2) is 0 Å². The Morgan fingerprint density at radius 3 is 2.58 bits per heavy atom. The van der Waals surface area contributed by atoms with Crippen molar-refractivity contribution in [3.05, 3.63) is 82.4 Å². The van der Waals surface area contributed by atoms with Gasteiger partial charge in [0.2, 0.25) is 5.78 Å². The summed E-state index contributed by atoms with van der Waals surface area (Å²) >= 11 is 2.21. The summed E-state index contributed by atoms with van der Waals surface area (Å²) in [7, 11) is -2.69. The van der Waals surface area contributed by atoms with Crippen molar-refractivity contribution >= 4 is 44.1 Å². The second-order valence-corrected chi connectivity index (χ2v) is 9.33. The maximum atomic E-state index is 14.4. The van der Waals surface area contributed by atoms with Crippen LogP contribution in [-0.2, 0) is 14.5 Å². The van der Waals surface area contributed by atoms with E-state index in [1.807, 2.05) is 6.92 Å². The first-order valence-corrected chi connectivity index (χ1v) is 12.2. The lowest BCUT2D eigenvalue weighted by molar-refractivity contribution is 0.102. The van der Waals surface area contributed by atoms with E-state index < -0.39 is 21.6 Å². The van der Waals surface area contributed by atoms with Crippen molar-refractivity contribution in [1.29, 1.82) is 0 Å². The smallest absolute Gasteiger partial charge is 0.261 e. The number of carbonyl (C=O) groups excluding carboxylic acids is 1. The van der Waals surface area contributed by atoms with E-state index in [0.29, 0.717) is 5.56 Å². The molecule has 0 aliphatic carbocycles. The van der Waals surface area contributed by atoms with Crippen molar-refractivity contribution in [1.82, 2.24) is 4.98 Å². The predicted octanol–water partition coefficient (Wildman–Crippen LogP) is 4.81. The van der Waals surface area contributed by atoms with Crippen molar-refractivity contribution in [3.63, 3.8) is 0 Å². The Hall–Kier alpha value is -2.53. The number of alkyl halides is 1. The van der Waals surface area contributed by atoms with Gasteiger partial charge in [-0.25, -0.2) is 12.8 Å². The number of pyridine rings is 1. The van der Waals surface area contributed by atoms with E-state index >= 15 is 0 Å². The Kier molecular flexibility index (Phi) is 6.95. The third kappa shape index (κ3) is 4.87. The van der Waals surface area contributed by atoms with Crippen LogP contribution in [0.3, 0.4) is 0 Å². The highest BCUT2D eigenvalue weighted by molar-refractivity contribution is 14.1. The second-order valence-electron chi connectivity index (χ2n) is 6.88. The van der Waals surface area contributed by atoms with Crippen molar-refractivity contribution in [3.8, 4) is 5.75 Å². The second kappa shape index (κ2) is 9.31. The van der Waals surface area contributed by atoms with Gasteiger partial charge in [-0.15, -0.1) is 0 Å². The minimum absolute atomic E-state index is 0.0335. The van der Waals surface area contributed by atoms with Gasteiger partial charge in [0.25, 0.3) is 10.0 Å². The predicted molar refractivity (Wildman–Crippen MR) is 125 cm³/mol. The molecule has 1 heterocycles. The third-order valence-corrected chi connectivity index (χ3v) is 6.86. The average molecular weight is 554 g/mol. The number of anilines is 1. The lowest BCUT2D eigenvalue weighted by Gasteiger charge is -2.14. The van der Waals surface area contributed by atoms with Crippen LogP contribution >= 0.6 is 22.6 Å². The van der Waals surface area contributed by atoms with Crippen LogP contribution in [0, 0.1) is 19.7 Å². The van der Waals surface area contributed by atoms with Gasteiger partial charge < -0.3 is 4.74 Å². The molecular weight excluding hydrogens is 534 g/mol. The van der Waals surface area contributed by atoms with Crippen molar-refractivity contribution < 1.29 is 22.3 Å². The molecule has 1 aromatic heterocycles. The van der Waals surface area contributed by atoms with E-state index in [0.717, 1.165) is 21.6 Å². The van der Waals surface area contributed by atoms with Gasteiger partial charge in [0.05, 0.1) is 17.7 Å². The van der Waals surface area contributed by atoms with Gasteiger partial charge in [0.1, 0.15) is 22.8 Å². The summed E-state index contributed by atoms with van der Waals surface area (Å²) in [6.45, 7) is 3.54. The lowest BCUT2D eigenvalue weighted by atomic mass is 10.0. The van der Waals surface area contributed by atoms with E-state index in [1.165, 1.54) is 37.6 Å². The van der Waals surface area contributed by atoms with Gasteiger partial charge in [-0.05, 0) is 60.9 Å². The number of rotatable bonds is 7. The molecule has 2 aromatic carbocycles. The first-order chi connectivity index (χ1) is 14.7. The van der Waals surface area contributed by atoms with E-state index in [-0.39, 0.29) is 27.6 Å². The molecule has 9 heteroatoms. The normalized spacial score (nSPS) is 11.3. The molecule has 3 aromatic rings. The van der Waals surface area contributed by atoms with Gasteiger partial charge in [-0.1, -0.05) is 34.7 Å². The Morgan fingerprint density at radius 1 is 1.19 bits per heavy atom. The number of aromatic nitrogens is 1. The topological polar surface area (TPSA) is 85.4 Å². The molecule has 0 bridgehead atoms. The maximum absolute atomic E-state index is 14.4. The first-order valence-electron chi connectivity index (χ1n) is 9.20. The molecule has 0 saturated carbocycles. The molecule has 0 atom stereocenters. The van der Waals surface area contributed by atoms with Gasteiger partial charge in [-0.2, -0.15) is 0 Å². The quantitative estimate of drug-likeness (QED) is 0.258. The molecule has 6 nitrogen and oxygen atoms in total. The highest BCUT2D eigenvalue weighted by Crippen LogP contribution is 2.28. The molecule has 1 N–H and O–H groups in total. The van der Waals surface area contributed by atoms with Gasteiger partial charge in [-0.3, -0.25) is 14.5 Å². The SMILES string of the molecule is COc1cccc(F)c1C(=O)c1ncc(C)cc1NS(=O)(=O)c1ccc(CI)c(C)c1. The molecule has 31 heavy (non-hydrogen) atoms. The fourth-order valence-corrected chi connectivity index (χ4v) is 5.03. The zero-order chi connectivity index (χ0) is 22.8. The first kappa shape index (κ1) is 23.1. The summed E-state index contributed by atoms with van der Waals surface area (Å²) in [4.78, 5) is 17.3. The number of carbonyl (C=O) groups is 1. The van der Waals surface area contributed by atoms with Crippen molar-refractivity contribution in [2.75, 3.05) is 11.8 Å². The molecule has 0 aliphatic heterocycles. The fraction of sp³-hybridized carbons (Fsp3) is 0.182. The molecule has 0 saturated heterocycles. The number of nitrogens with one attached hydrogen (secondary N) is 1. The van der Waals surface area contributed by atoms with Crippen LogP contribution < -0.4 is 9.46 Å². The van der Waals surface area contributed by atoms with Crippen LogP contribution in [0.5, 0.6) is 5.75 Å². The number of aryl methyl sites for hydroxylation is 2. The Labute approximate surface area is 194 Å². The minimum atomic E-state index is -4.01. The summed E-state index contributed by atoms with van der Waals surface area (Å²) in [5.41, 5.74) is 1.92. The number of benzene rings is 2. The zero-order valence-electron chi connectivity index (χ0n) is 17.1. The van der Waals surface area contributed by atoms with Gasteiger partial charge in [0, 0.05) is 10.6 Å². The number of ketones is 1. The van der Waals surface area contributed by atoms with E-state index in [2.05, 4.69) is 32.3 Å². The third-order valence-electron chi connectivity index (χ3n) is 4.67. The molecule has 0 radical (unpaired) electrons. The molecule has 162 valence electrons. The standard InChI is InChI=1S/C22H20FIN2O4S/c1-13-9-18(26-31(28,29)16-8-7-15(11-24)14(2)10-16)21(25-12-13)22(27)20-17(23)5-4-6-19(20)30-3/h4-10,12,26H,11H2,1-3H3. The summed E-state index contributed by atoms with van der Waals surface area (Å²) in [6.07, 6.45) is 1.41. The van der Waals surface area contributed by atoms with Crippen LogP contribution in [0.1, 0.15) is 32.7 Å². The Bertz CT molecular complexity index is 1260. The lowest BCUT2D eigenvalue weighted by Crippen LogP contribution is -2.18. The van der Waals surface area contributed by atoms with Crippen LogP contribution in [0.25, 0.3) is 0 Å². The molecule has 0 amide bonds. The largest absolute Gasteiger partial charge is 0.496 e. The number of hydrogen-bond acceptors (Lipinski definition) is 5. The Balaban J connectivity index is 2.07. The number of hydrogen-bond donors (Lipinski definition) is 1.